The lowest BCUT2D eigenvalue weighted by atomic mass is 9.94. The van der Waals surface area contributed by atoms with Gasteiger partial charge < -0.3 is 19.4 Å². The van der Waals surface area contributed by atoms with Crippen LogP contribution in [0.5, 0.6) is 0 Å². The number of ether oxygens (including phenoxy) is 1. The van der Waals surface area contributed by atoms with E-state index in [0.29, 0.717) is 13.1 Å². The molecular weight excluding hydrogens is 504 g/mol. The number of aromatic nitrogens is 2. The third-order valence-corrected chi connectivity index (χ3v) is 8.69. The van der Waals surface area contributed by atoms with E-state index in [1.807, 2.05) is 6.92 Å². The zero-order valence-electron chi connectivity index (χ0n) is 24.4. The molecule has 40 heavy (non-hydrogen) atoms. The van der Waals surface area contributed by atoms with Crippen molar-refractivity contribution in [2.24, 2.45) is 5.92 Å². The number of morpholine rings is 1. The molecule has 0 bridgehead atoms. The summed E-state index contributed by atoms with van der Waals surface area (Å²) in [6, 6.07) is 8.46. The van der Waals surface area contributed by atoms with Crippen LogP contribution in [0.4, 0.5) is 11.4 Å². The summed E-state index contributed by atoms with van der Waals surface area (Å²) in [6.07, 6.45) is 7.53. The molecule has 1 amide bonds. The van der Waals surface area contributed by atoms with Crippen LogP contribution in [0.25, 0.3) is 0 Å². The van der Waals surface area contributed by atoms with Gasteiger partial charge >= 0.3 is 0 Å². The van der Waals surface area contributed by atoms with E-state index in [4.69, 9.17) is 4.74 Å². The molecule has 9 heteroatoms. The monoisotopic (exact) mass is 550 g/mol. The first-order valence-electron chi connectivity index (χ1n) is 15.3. The Morgan fingerprint density at radius 1 is 1.07 bits per heavy atom. The van der Waals surface area contributed by atoms with Crippen molar-refractivity contribution in [2.75, 3.05) is 75.9 Å². The maximum atomic E-state index is 13.9. The van der Waals surface area contributed by atoms with Gasteiger partial charge in [0.25, 0.3) is 5.56 Å². The maximum Gasteiger partial charge on any atom is 0.268 e. The number of carbonyl (C=O) groups is 1. The quantitative estimate of drug-likeness (QED) is 0.450. The fourth-order valence-electron chi connectivity index (χ4n) is 6.35. The van der Waals surface area contributed by atoms with Crippen molar-refractivity contribution in [3.8, 4) is 0 Å². The number of aryl methyl sites for hydroxylation is 2. The van der Waals surface area contributed by atoms with Gasteiger partial charge in [0.05, 0.1) is 25.1 Å². The van der Waals surface area contributed by atoms with Crippen LogP contribution in [0.2, 0.25) is 0 Å². The van der Waals surface area contributed by atoms with Gasteiger partial charge in [-0.05, 0) is 55.7 Å². The van der Waals surface area contributed by atoms with E-state index >= 15 is 0 Å². The zero-order chi connectivity index (χ0) is 27.9. The molecular formula is C31H46N6O3. The van der Waals surface area contributed by atoms with Crippen LogP contribution < -0.4 is 15.4 Å². The van der Waals surface area contributed by atoms with Crippen molar-refractivity contribution in [1.29, 1.82) is 0 Å². The molecule has 218 valence electrons. The zero-order valence-corrected chi connectivity index (χ0v) is 24.4. The Bertz CT molecular complexity index is 1190. The molecule has 1 aromatic heterocycles. The summed E-state index contributed by atoms with van der Waals surface area (Å²) < 4.78 is 7.03. The fraction of sp³-hybridized carbons (Fsp3) is 0.645. The number of amides is 1. The van der Waals surface area contributed by atoms with Crippen LogP contribution >= 0.6 is 0 Å². The van der Waals surface area contributed by atoms with E-state index < -0.39 is 0 Å². The topological polar surface area (TPSA) is 74.2 Å². The second-order valence-corrected chi connectivity index (χ2v) is 11.6. The van der Waals surface area contributed by atoms with Crippen molar-refractivity contribution >= 4 is 17.3 Å². The minimum atomic E-state index is -0.0553. The number of nitrogens with zero attached hydrogens (tertiary/aromatic N) is 6. The Balaban J connectivity index is 1.23. The van der Waals surface area contributed by atoms with Crippen LogP contribution in [-0.4, -0.2) is 91.6 Å². The number of fused-ring (bicyclic) bond motifs is 1. The number of anilines is 2. The van der Waals surface area contributed by atoms with Crippen LogP contribution in [0.15, 0.2) is 35.3 Å². The Labute approximate surface area is 238 Å². The van der Waals surface area contributed by atoms with Crippen LogP contribution in [-0.2, 0) is 29.0 Å². The molecule has 2 fully saturated rings. The SMILES string of the molecule is CCCn1ncc(N2CCC(C(=O)N(CCCN3CCOCC3)Cc3ccc4c(c3)CCCN4C)CC2)cc1=O. The molecule has 0 spiro atoms. The molecule has 3 aliphatic rings. The summed E-state index contributed by atoms with van der Waals surface area (Å²) in [5.74, 6) is 0.282. The van der Waals surface area contributed by atoms with Gasteiger partial charge in [-0.2, -0.15) is 5.10 Å². The van der Waals surface area contributed by atoms with Gasteiger partial charge in [0, 0.05) is 83.6 Å². The van der Waals surface area contributed by atoms with Crippen molar-refractivity contribution in [1.82, 2.24) is 19.6 Å². The summed E-state index contributed by atoms with van der Waals surface area (Å²) in [7, 11) is 2.16. The highest BCUT2D eigenvalue weighted by molar-refractivity contribution is 5.79. The average molecular weight is 551 g/mol. The van der Waals surface area contributed by atoms with Gasteiger partial charge in [0.15, 0.2) is 0 Å². The van der Waals surface area contributed by atoms with Crippen molar-refractivity contribution in [2.45, 2.75) is 58.5 Å². The summed E-state index contributed by atoms with van der Waals surface area (Å²) in [5, 5.41) is 4.35. The summed E-state index contributed by atoms with van der Waals surface area (Å²) in [6.45, 7) is 11.3. The van der Waals surface area contributed by atoms with Gasteiger partial charge in [-0.15, -0.1) is 0 Å². The minimum Gasteiger partial charge on any atom is -0.379 e. The third kappa shape index (κ3) is 7.04. The second kappa shape index (κ2) is 13.6. The number of rotatable bonds is 10. The lowest BCUT2D eigenvalue weighted by Gasteiger charge is -2.36. The summed E-state index contributed by atoms with van der Waals surface area (Å²) in [4.78, 5) is 35.5. The van der Waals surface area contributed by atoms with E-state index in [0.717, 1.165) is 96.8 Å². The van der Waals surface area contributed by atoms with Gasteiger partial charge in [-0.1, -0.05) is 19.1 Å². The van der Waals surface area contributed by atoms with Crippen molar-refractivity contribution in [3.63, 3.8) is 0 Å². The van der Waals surface area contributed by atoms with Gasteiger partial charge in [0.2, 0.25) is 5.91 Å². The predicted molar refractivity (Wildman–Crippen MR) is 159 cm³/mol. The molecule has 9 nitrogen and oxygen atoms in total. The summed E-state index contributed by atoms with van der Waals surface area (Å²) in [5.41, 5.74) is 4.76. The van der Waals surface area contributed by atoms with Crippen LogP contribution in [0.1, 0.15) is 50.2 Å². The molecule has 2 aromatic rings. The highest BCUT2D eigenvalue weighted by Gasteiger charge is 2.29. The van der Waals surface area contributed by atoms with Crippen molar-refractivity contribution in [3.05, 3.63) is 51.9 Å². The van der Waals surface area contributed by atoms with Gasteiger partial charge in [0.1, 0.15) is 0 Å². The van der Waals surface area contributed by atoms with Crippen LogP contribution in [0.3, 0.4) is 0 Å². The second-order valence-electron chi connectivity index (χ2n) is 11.6. The molecule has 0 saturated carbocycles. The molecule has 0 N–H and O–H groups in total. The predicted octanol–water partition coefficient (Wildman–Crippen LogP) is 3.00. The first-order valence-corrected chi connectivity index (χ1v) is 15.3. The molecule has 0 radical (unpaired) electrons. The Kier molecular flexibility index (Phi) is 9.75. The van der Waals surface area contributed by atoms with E-state index in [-0.39, 0.29) is 17.4 Å². The van der Waals surface area contributed by atoms with Gasteiger partial charge in [-0.3, -0.25) is 14.5 Å². The smallest absolute Gasteiger partial charge is 0.268 e. The number of piperidine rings is 1. The average Bonchev–Trinajstić information content (AvgIpc) is 2.98. The molecule has 4 heterocycles. The number of hydrogen-bond acceptors (Lipinski definition) is 7. The molecule has 1 aromatic carbocycles. The fourth-order valence-corrected chi connectivity index (χ4v) is 6.35. The van der Waals surface area contributed by atoms with Crippen LogP contribution in [0, 0.1) is 5.92 Å². The number of carbonyl (C=O) groups excluding carboxylic acids is 1. The summed E-state index contributed by atoms with van der Waals surface area (Å²) >= 11 is 0. The first-order chi connectivity index (χ1) is 19.5. The maximum absolute atomic E-state index is 13.9. The number of benzene rings is 1. The molecule has 5 rings (SSSR count). The first kappa shape index (κ1) is 28.6. The Morgan fingerprint density at radius 3 is 2.62 bits per heavy atom. The highest BCUT2D eigenvalue weighted by Crippen LogP contribution is 2.28. The molecule has 3 aliphatic heterocycles. The highest BCUT2D eigenvalue weighted by atomic mass is 16.5. The van der Waals surface area contributed by atoms with E-state index in [2.05, 4.69) is 49.9 Å². The normalized spacial score (nSPS) is 18.6. The Hall–Kier alpha value is -2.91. The molecule has 0 atom stereocenters. The van der Waals surface area contributed by atoms with Crippen molar-refractivity contribution < 1.29 is 9.53 Å². The largest absolute Gasteiger partial charge is 0.379 e. The molecule has 0 unspecified atom stereocenters. The molecule has 2 saturated heterocycles. The third-order valence-electron chi connectivity index (χ3n) is 8.69. The minimum absolute atomic E-state index is 0.0109. The van der Waals surface area contributed by atoms with E-state index in [1.54, 1.807) is 12.3 Å². The lowest BCUT2D eigenvalue weighted by molar-refractivity contribution is -0.137. The van der Waals surface area contributed by atoms with Gasteiger partial charge in [-0.25, -0.2) is 4.68 Å². The van der Waals surface area contributed by atoms with E-state index in [9.17, 15) is 9.59 Å². The van der Waals surface area contributed by atoms with E-state index in [1.165, 1.54) is 27.9 Å². The standard InChI is InChI=1S/C31H46N6O3/c1-3-11-37-30(38)22-28(23-32-37)35-15-9-26(10-16-35)31(39)36(14-5-13-34-17-19-40-20-18-34)24-25-7-8-29-27(21-25)6-4-12-33(29)2/h7-8,21-23,26H,3-6,9-20,24H2,1-2H3. The molecule has 0 aliphatic carbocycles. The lowest BCUT2D eigenvalue weighted by Crippen LogP contribution is -2.44. The Morgan fingerprint density at radius 2 is 1.88 bits per heavy atom. The number of hydrogen-bond donors (Lipinski definition) is 0.